The van der Waals surface area contributed by atoms with E-state index in [9.17, 15) is 4.79 Å². The zero-order chi connectivity index (χ0) is 23.1. The maximum absolute atomic E-state index is 12.4. The number of hydrogen-bond acceptors (Lipinski definition) is 6. The number of imidazole rings is 1. The van der Waals surface area contributed by atoms with Crippen LogP contribution >= 0.6 is 0 Å². The predicted octanol–water partition coefficient (Wildman–Crippen LogP) is 3.12. The Hall–Kier alpha value is -4.30. The van der Waals surface area contributed by atoms with Crippen LogP contribution in [0.2, 0.25) is 0 Å². The van der Waals surface area contributed by atoms with Crippen molar-refractivity contribution in [3.05, 3.63) is 78.8 Å². The molecular formula is C26H23N7O. The number of amides is 1. The summed E-state index contributed by atoms with van der Waals surface area (Å²) in [5.41, 5.74) is 11.9. The van der Waals surface area contributed by atoms with Crippen molar-refractivity contribution < 1.29 is 4.79 Å². The van der Waals surface area contributed by atoms with Gasteiger partial charge in [0.1, 0.15) is 0 Å². The normalized spacial score (nSPS) is 14.1. The van der Waals surface area contributed by atoms with E-state index < -0.39 is 5.91 Å². The summed E-state index contributed by atoms with van der Waals surface area (Å²) in [6.07, 6.45) is 3.53. The van der Waals surface area contributed by atoms with E-state index >= 15 is 0 Å². The van der Waals surface area contributed by atoms with Gasteiger partial charge in [-0.3, -0.25) is 9.78 Å². The molecule has 1 saturated heterocycles. The highest BCUT2D eigenvalue weighted by molar-refractivity contribution is 5.99. The van der Waals surface area contributed by atoms with E-state index in [1.807, 2.05) is 48.5 Å². The van der Waals surface area contributed by atoms with Crippen LogP contribution in [0.15, 0.2) is 73.1 Å². The summed E-state index contributed by atoms with van der Waals surface area (Å²) >= 11 is 0. The number of nitrogens with one attached hydrogen (secondary N) is 1. The van der Waals surface area contributed by atoms with E-state index in [0.717, 1.165) is 59.6 Å². The third kappa shape index (κ3) is 3.45. The van der Waals surface area contributed by atoms with Gasteiger partial charge in [0, 0.05) is 54.6 Å². The summed E-state index contributed by atoms with van der Waals surface area (Å²) in [5, 5.41) is 9.00. The van der Waals surface area contributed by atoms with Crippen molar-refractivity contribution in [1.82, 2.24) is 24.9 Å². The van der Waals surface area contributed by atoms with Crippen molar-refractivity contribution in [1.29, 1.82) is 0 Å². The average molecular weight is 450 g/mol. The van der Waals surface area contributed by atoms with Crippen molar-refractivity contribution in [3.63, 3.8) is 0 Å². The molecule has 4 heterocycles. The predicted molar refractivity (Wildman–Crippen MR) is 133 cm³/mol. The quantitative estimate of drug-likeness (QED) is 0.437. The smallest absolute Gasteiger partial charge is 0.269 e. The zero-order valence-corrected chi connectivity index (χ0v) is 18.5. The van der Waals surface area contributed by atoms with Gasteiger partial charge in [-0.1, -0.05) is 30.3 Å². The van der Waals surface area contributed by atoms with Crippen LogP contribution in [0, 0.1) is 0 Å². The van der Waals surface area contributed by atoms with Crippen molar-refractivity contribution in [3.8, 4) is 22.4 Å². The van der Waals surface area contributed by atoms with E-state index in [0.29, 0.717) is 11.2 Å². The summed E-state index contributed by atoms with van der Waals surface area (Å²) < 4.78 is 1.68. The number of primary amides is 1. The van der Waals surface area contributed by atoms with Crippen LogP contribution < -0.4 is 16.0 Å². The summed E-state index contributed by atoms with van der Waals surface area (Å²) in [4.78, 5) is 23.8. The first-order valence-corrected chi connectivity index (χ1v) is 11.3. The summed E-state index contributed by atoms with van der Waals surface area (Å²) in [5.74, 6) is -0.581. The fourth-order valence-corrected chi connectivity index (χ4v) is 4.59. The molecule has 6 rings (SSSR count). The highest BCUT2D eigenvalue weighted by Gasteiger charge is 2.19. The van der Waals surface area contributed by atoms with Gasteiger partial charge in [0.05, 0.1) is 17.4 Å². The number of aromatic nitrogens is 4. The molecule has 0 unspecified atom stereocenters. The van der Waals surface area contributed by atoms with Gasteiger partial charge < -0.3 is 16.0 Å². The molecule has 1 aliphatic heterocycles. The topological polar surface area (TPSA) is 101 Å². The number of para-hydroxylation sites is 1. The van der Waals surface area contributed by atoms with Crippen molar-refractivity contribution in [2.45, 2.75) is 0 Å². The first-order chi connectivity index (χ1) is 16.7. The molecule has 3 N–H and O–H groups in total. The van der Waals surface area contributed by atoms with Gasteiger partial charge in [0.25, 0.3) is 5.91 Å². The minimum atomic E-state index is -0.581. The SMILES string of the molecule is NC(=O)c1nn2c(-c3ccnc4ccccc34)cnc2cc1-c1ccc(N2CCNCC2)cc1. The van der Waals surface area contributed by atoms with Crippen LogP contribution in [0.3, 0.4) is 0 Å². The minimum Gasteiger partial charge on any atom is -0.369 e. The van der Waals surface area contributed by atoms with E-state index in [1.165, 1.54) is 0 Å². The zero-order valence-electron chi connectivity index (χ0n) is 18.5. The molecule has 34 heavy (non-hydrogen) atoms. The lowest BCUT2D eigenvalue weighted by molar-refractivity contribution is 0.0995. The first kappa shape index (κ1) is 20.3. The number of benzene rings is 2. The fraction of sp³-hybridized carbons (Fsp3) is 0.154. The number of anilines is 1. The third-order valence-electron chi connectivity index (χ3n) is 6.31. The minimum absolute atomic E-state index is 0.208. The van der Waals surface area contributed by atoms with E-state index in [1.54, 1.807) is 16.9 Å². The molecule has 5 aromatic rings. The monoisotopic (exact) mass is 449 g/mol. The Balaban J connectivity index is 1.46. The molecule has 3 aromatic heterocycles. The Morgan fingerprint density at radius 3 is 2.53 bits per heavy atom. The second kappa shape index (κ2) is 8.24. The molecule has 1 amide bonds. The molecule has 0 saturated carbocycles. The molecular weight excluding hydrogens is 426 g/mol. The largest absolute Gasteiger partial charge is 0.369 e. The molecule has 0 atom stereocenters. The lowest BCUT2D eigenvalue weighted by atomic mass is 10.0. The number of carbonyl (C=O) groups excluding carboxylic acids is 1. The number of nitrogens with two attached hydrogens (primary N) is 1. The Morgan fingerprint density at radius 1 is 0.941 bits per heavy atom. The molecule has 2 aromatic carbocycles. The summed E-state index contributed by atoms with van der Waals surface area (Å²) in [7, 11) is 0. The fourth-order valence-electron chi connectivity index (χ4n) is 4.59. The molecule has 0 aliphatic carbocycles. The van der Waals surface area contributed by atoms with Gasteiger partial charge in [-0.05, 0) is 35.9 Å². The summed E-state index contributed by atoms with van der Waals surface area (Å²) in [6.45, 7) is 3.89. The number of nitrogens with zero attached hydrogens (tertiary/aromatic N) is 5. The Morgan fingerprint density at radius 2 is 1.74 bits per heavy atom. The van der Waals surface area contributed by atoms with Crippen molar-refractivity contribution >= 4 is 28.1 Å². The average Bonchev–Trinajstić information content (AvgIpc) is 3.31. The van der Waals surface area contributed by atoms with Gasteiger partial charge in [-0.15, -0.1) is 0 Å². The van der Waals surface area contributed by atoms with Gasteiger partial charge in [-0.25, -0.2) is 9.50 Å². The van der Waals surface area contributed by atoms with Gasteiger partial charge in [0.15, 0.2) is 11.3 Å². The maximum atomic E-state index is 12.4. The van der Waals surface area contributed by atoms with Crippen molar-refractivity contribution in [2.75, 3.05) is 31.1 Å². The lowest BCUT2D eigenvalue weighted by Crippen LogP contribution is -2.43. The van der Waals surface area contributed by atoms with Crippen molar-refractivity contribution in [2.24, 2.45) is 5.73 Å². The second-order valence-electron chi connectivity index (χ2n) is 8.34. The number of hydrogen-bond donors (Lipinski definition) is 2. The van der Waals surface area contributed by atoms with Crippen LogP contribution in [0.5, 0.6) is 0 Å². The second-order valence-corrected chi connectivity index (χ2v) is 8.34. The number of piperazine rings is 1. The van der Waals surface area contributed by atoms with Crippen LogP contribution in [0.1, 0.15) is 10.5 Å². The Bertz CT molecular complexity index is 1510. The molecule has 8 heteroatoms. The van der Waals surface area contributed by atoms with E-state index in [2.05, 4.69) is 37.4 Å². The van der Waals surface area contributed by atoms with Gasteiger partial charge >= 0.3 is 0 Å². The van der Waals surface area contributed by atoms with Crippen LogP contribution in [0.4, 0.5) is 5.69 Å². The highest BCUT2D eigenvalue weighted by Crippen LogP contribution is 2.31. The number of pyridine rings is 1. The number of fused-ring (bicyclic) bond motifs is 2. The van der Waals surface area contributed by atoms with Crippen LogP contribution in [-0.4, -0.2) is 51.7 Å². The van der Waals surface area contributed by atoms with Crippen LogP contribution in [0.25, 0.3) is 38.9 Å². The van der Waals surface area contributed by atoms with Gasteiger partial charge in [-0.2, -0.15) is 5.10 Å². The molecule has 0 radical (unpaired) electrons. The lowest BCUT2D eigenvalue weighted by Gasteiger charge is -2.29. The maximum Gasteiger partial charge on any atom is 0.269 e. The molecule has 0 spiro atoms. The molecule has 0 bridgehead atoms. The van der Waals surface area contributed by atoms with E-state index in [4.69, 9.17) is 5.73 Å². The number of rotatable bonds is 4. The Labute approximate surface area is 196 Å². The first-order valence-electron chi connectivity index (χ1n) is 11.3. The molecule has 168 valence electrons. The van der Waals surface area contributed by atoms with E-state index in [-0.39, 0.29) is 5.69 Å². The third-order valence-corrected chi connectivity index (χ3v) is 6.31. The van der Waals surface area contributed by atoms with Gasteiger partial charge in [0.2, 0.25) is 0 Å². The number of carbonyl (C=O) groups is 1. The van der Waals surface area contributed by atoms with Crippen LogP contribution in [-0.2, 0) is 0 Å². The standard InChI is InChI=1S/C26H23N7O/c27-26(34)25-21(17-5-7-18(8-6-17)32-13-11-28-12-14-32)15-24-30-16-23(33(24)31-25)20-9-10-29-22-4-2-1-3-19(20)22/h1-10,15-16,28H,11-14H2,(H2,27,34). The molecule has 8 nitrogen and oxygen atoms in total. The molecule has 1 fully saturated rings. The molecule has 1 aliphatic rings. The Kier molecular flexibility index (Phi) is 4.92. The highest BCUT2D eigenvalue weighted by atomic mass is 16.1. The summed E-state index contributed by atoms with van der Waals surface area (Å²) in [6, 6.07) is 19.9.